The molecule has 0 amide bonds. The van der Waals surface area contributed by atoms with Crippen molar-refractivity contribution in [3.8, 4) is 0 Å². The summed E-state index contributed by atoms with van der Waals surface area (Å²) in [6, 6.07) is 23.7. The number of nitrogens with zero attached hydrogens (tertiary/aromatic N) is 6. The summed E-state index contributed by atoms with van der Waals surface area (Å²) in [7, 11) is 5.98. The Morgan fingerprint density at radius 2 is 1.71 bits per heavy atom. The number of anilines is 6. The standard InChI is InChI=1S/C32H36N8O.C3H4O/c1-23-19-26(13-14-30(23)40-17-15-38(3)16-18-40)35-32-34-21-28(36-29(22-41)24-9-6-5-7-10-24)31(37-32)39(4)27-12-8-11-25(20-27)33-2;1-2-3-4/h5-14,19-22,33H,15-18H2,1-4H3,(H,34,35,37);2-3H,1H2. The van der Waals surface area contributed by atoms with Gasteiger partial charge in [0.2, 0.25) is 5.95 Å². The number of aliphatic imine (C=N–C) groups is 1. The average molecular weight is 605 g/mol. The Kier molecular flexibility index (Phi) is 11.5. The molecule has 232 valence electrons. The van der Waals surface area contributed by atoms with Gasteiger partial charge in [-0.3, -0.25) is 9.59 Å². The Hall–Kier alpha value is -5.35. The van der Waals surface area contributed by atoms with Crippen LogP contribution < -0.4 is 20.4 Å². The minimum Gasteiger partial charge on any atom is -0.388 e. The highest BCUT2D eigenvalue weighted by Crippen LogP contribution is 2.34. The van der Waals surface area contributed by atoms with Crippen LogP contribution in [0.4, 0.5) is 40.2 Å². The molecule has 0 radical (unpaired) electrons. The SMILES string of the molecule is C=CC=O.CNc1cccc(N(C)c2nc(Nc3ccc(N4CCN(C)CC4)c(C)c3)ncc2N=C(C=O)c2ccccc2)c1. The topological polar surface area (TPSA) is 106 Å². The molecular formula is C35H40N8O2. The largest absolute Gasteiger partial charge is 0.388 e. The maximum Gasteiger partial charge on any atom is 0.229 e. The van der Waals surface area contributed by atoms with E-state index in [1.807, 2.05) is 73.6 Å². The quantitative estimate of drug-likeness (QED) is 0.132. The number of hydrogen-bond donors (Lipinski definition) is 2. The Bertz CT molecular complexity index is 1630. The highest BCUT2D eigenvalue weighted by atomic mass is 16.1. The van der Waals surface area contributed by atoms with Gasteiger partial charge < -0.3 is 25.3 Å². The lowest BCUT2D eigenvalue weighted by Gasteiger charge is -2.35. The number of likely N-dealkylation sites (N-methyl/N-ethyl adjacent to an activating group) is 1. The third-order valence-corrected chi connectivity index (χ3v) is 7.41. The van der Waals surface area contributed by atoms with Crippen LogP contribution >= 0.6 is 0 Å². The zero-order valence-corrected chi connectivity index (χ0v) is 26.3. The van der Waals surface area contributed by atoms with Gasteiger partial charge in [0.15, 0.2) is 12.1 Å². The van der Waals surface area contributed by atoms with Crippen LogP contribution in [0.3, 0.4) is 0 Å². The molecule has 10 nitrogen and oxygen atoms in total. The maximum absolute atomic E-state index is 12.0. The van der Waals surface area contributed by atoms with E-state index in [0.717, 1.165) is 55.1 Å². The number of aldehydes is 2. The summed E-state index contributed by atoms with van der Waals surface area (Å²) in [6.07, 6.45) is 4.25. The number of aryl methyl sites for hydroxylation is 1. The maximum atomic E-state index is 12.0. The van der Waals surface area contributed by atoms with Crippen LogP contribution in [0.15, 0.2) is 96.6 Å². The number of allylic oxidation sites excluding steroid dienone is 1. The molecule has 1 aromatic heterocycles. The number of benzene rings is 3. The second-order valence-electron chi connectivity index (χ2n) is 10.5. The van der Waals surface area contributed by atoms with Crippen LogP contribution in [0.1, 0.15) is 11.1 Å². The number of piperazine rings is 1. The summed E-state index contributed by atoms with van der Waals surface area (Å²) in [5, 5.41) is 6.55. The number of nitrogens with one attached hydrogen (secondary N) is 2. The summed E-state index contributed by atoms with van der Waals surface area (Å²) in [4.78, 5) is 42.0. The van der Waals surface area contributed by atoms with E-state index in [1.165, 1.54) is 17.3 Å². The molecule has 0 saturated carbocycles. The monoisotopic (exact) mass is 604 g/mol. The summed E-state index contributed by atoms with van der Waals surface area (Å²) < 4.78 is 0. The molecule has 1 aliphatic heterocycles. The smallest absolute Gasteiger partial charge is 0.229 e. The van der Waals surface area contributed by atoms with Crippen molar-refractivity contribution in [3.05, 3.63) is 103 Å². The van der Waals surface area contributed by atoms with Crippen LogP contribution in [-0.4, -0.2) is 80.5 Å². The van der Waals surface area contributed by atoms with E-state index in [9.17, 15) is 4.79 Å². The summed E-state index contributed by atoms with van der Waals surface area (Å²) in [6.45, 7) is 9.41. The van der Waals surface area contributed by atoms with Gasteiger partial charge in [0.1, 0.15) is 17.7 Å². The van der Waals surface area contributed by atoms with Gasteiger partial charge in [-0.15, -0.1) is 0 Å². The van der Waals surface area contributed by atoms with Gasteiger partial charge >= 0.3 is 0 Å². The van der Waals surface area contributed by atoms with Crippen molar-refractivity contribution in [1.29, 1.82) is 0 Å². The van der Waals surface area contributed by atoms with E-state index in [4.69, 9.17) is 14.8 Å². The van der Waals surface area contributed by atoms with Crippen molar-refractivity contribution in [3.63, 3.8) is 0 Å². The molecule has 0 bridgehead atoms. The molecule has 10 heteroatoms. The predicted octanol–water partition coefficient (Wildman–Crippen LogP) is 5.78. The van der Waals surface area contributed by atoms with E-state index in [0.29, 0.717) is 29.5 Å². The molecular weight excluding hydrogens is 564 g/mol. The van der Waals surface area contributed by atoms with E-state index < -0.39 is 0 Å². The first-order chi connectivity index (χ1) is 21.9. The highest BCUT2D eigenvalue weighted by molar-refractivity contribution is 6.37. The second kappa shape index (κ2) is 15.9. The van der Waals surface area contributed by atoms with E-state index >= 15 is 0 Å². The summed E-state index contributed by atoms with van der Waals surface area (Å²) in [5.74, 6) is 1.01. The molecule has 1 aliphatic rings. The molecule has 1 saturated heterocycles. The van der Waals surface area contributed by atoms with Crippen molar-refractivity contribution in [1.82, 2.24) is 14.9 Å². The van der Waals surface area contributed by atoms with Crippen molar-refractivity contribution >= 4 is 58.5 Å². The lowest BCUT2D eigenvalue weighted by molar-refractivity contribution is -0.104. The average Bonchev–Trinajstić information content (AvgIpc) is 3.08. The summed E-state index contributed by atoms with van der Waals surface area (Å²) in [5.41, 5.74) is 6.76. The first kappa shape index (κ1) is 32.6. The van der Waals surface area contributed by atoms with Crippen molar-refractivity contribution in [2.45, 2.75) is 6.92 Å². The third kappa shape index (κ3) is 8.61. The molecule has 0 atom stereocenters. The molecule has 3 aromatic carbocycles. The van der Waals surface area contributed by atoms with Gasteiger partial charge in [-0.25, -0.2) is 9.98 Å². The molecule has 0 unspecified atom stereocenters. The van der Waals surface area contributed by atoms with Crippen LogP contribution in [0.25, 0.3) is 0 Å². The summed E-state index contributed by atoms with van der Waals surface area (Å²) >= 11 is 0. The fraction of sp³-hybridized carbons (Fsp3) is 0.229. The number of rotatable bonds is 10. The Labute approximate surface area is 265 Å². The van der Waals surface area contributed by atoms with E-state index in [-0.39, 0.29) is 0 Å². The Balaban J connectivity index is 0.00000109. The fourth-order valence-electron chi connectivity index (χ4n) is 4.91. The Morgan fingerprint density at radius 1 is 0.978 bits per heavy atom. The van der Waals surface area contributed by atoms with Gasteiger partial charge in [0.05, 0.1) is 6.20 Å². The molecule has 0 spiro atoms. The van der Waals surface area contributed by atoms with E-state index in [1.54, 1.807) is 6.20 Å². The zero-order chi connectivity index (χ0) is 32.2. The van der Waals surface area contributed by atoms with Crippen molar-refractivity contribution < 1.29 is 9.59 Å². The Morgan fingerprint density at radius 3 is 2.36 bits per heavy atom. The number of aromatic nitrogens is 2. The van der Waals surface area contributed by atoms with Gasteiger partial charge in [0.25, 0.3) is 0 Å². The molecule has 1 fully saturated rings. The zero-order valence-electron chi connectivity index (χ0n) is 26.3. The van der Waals surface area contributed by atoms with Crippen molar-refractivity contribution in [2.24, 2.45) is 4.99 Å². The molecule has 2 heterocycles. The van der Waals surface area contributed by atoms with Gasteiger partial charge in [0, 0.05) is 68.6 Å². The van der Waals surface area contributed by atoms with Crippen LogP contribution in [-0.2, 0) is 9.59 Å². The third-order valence-electron chi connectivity index (χ3n) is 7.41. The molecule has 4 aromatic rings. The normalized spacial score (nSPS) is 13.2. The lowest BCUT2D eigenvalue weighted by atomic mass is 10.1. The molecule has 45 heavy (non-hydrogen) atoms. The van der Waals surface area contributed by atoms with Gasteiger partial charge in [-0.05, 0) is 62.0 Å². The highest BCUT2D eigenvalue weighted by Gasteiger charge is 2.18. The van der Waals surface area contributed by atoms with Gasteiger partial charge in [-0.2, -0.15) is 4.98 Å². The number of carbonyl (C=O) groups excluding carboxylic acids is 2. The first-order valence-corrected chi connectivity index (χ1v) is 14.7. The minimum atomic E-state index is 0.309. The molecule has 5 rings (SSSR count). The van der Waals surface area contributed by atoms with E-state index in [2.05, 4.69) is 64.2 Å². The predicted molar refractivity (Wildman–Crippen MR) is 185 cm³/mol. The van der Waals surface area contributed by atoms with Crippen LogP contribution in [0, 0.1) is 6.92 Å². The first-order valence-electron chi connectivity index (χ1n) is 14.7. The lowest BCUT2D eigenvalue weighted by Crippen LogP contribution is -2.44. The van der Waals surface area contributed by atoms with Crippen LogP contribution in [0.5, 0.6) is 0 Å². The van der Waals surface area contributed by atoms with Gasteiger partial charge in [-0.1, -0.05) is 43.0 Å². The molecule has 2 N–H and O–H groups in total. The number of carbonyl (C=O) groups is 2. The van der Waals surface area contributed by atoms with Crippen molar-refractivity contribution in [2.75, 3.05) is 67.8 Å². The van der Waals surface area contributed by atoms with Crippen LogP contribution in [0.2, 0.25) is 0 Å². The second-order valence-corrected chi connectivity index (χ2v) is 10.5. The molecule has 0 aliphatic carbocycles. The fourth-order valence-corrected chi connectivity index (χ4v) is 4.91. The number of hydrogen-bond acceptors (Lipinski definition) is 10. The minimum absolute atomic E-state index is 0.309.